The second kappa shape index (κ2) is 14.2. The summed E-state index contributed by atoms with van der Waals surface area (Å²) in [7, 11) is -0.531. The Morgan fingerprint density at radius 3 is 1.79 bits per heavy atom. The van der Waals surface area contributed by atoms with E-state index in [4.69, 9.17) is 16.1 Å². The molecule has 4 nitrogen and oxygen atoms in total. The molecule has 0 aliphatic heterocycles. The molecule has 0 spiro atoms. The van der Waals surface area contributed by atoms with E-state index >= 15 is 0 Å². The number of rotatable bonds is 8. The van der Waals surface area contributed by atoms with Crippen molar-refractivity contribution in [2.75, 3.05) is 13.3 Å². The molecule has 56 heavy (non-hydrogen) atoms. The summed E-state index contributed by atoms with van der Waals surface area (Å²) in [5.74, 6) is 1.85. The normalized spacial score (nSPS) is 37.2. The molecule has 0 N–H and O–H groups in total. The summed E-state index contributed by atoms with van der Waals surface area (Å²) in [6.07, 6.45) is 11.5. The Kier molecular flexibility index (Phi) is 10.1. The quantitative estimate of drug-likeness (QED) is 0.130. The highest BCUT2D eigenvalue weighted by molar-refractivity contribution is 7.95. The molecule has 0 radical (unpaired) electrons. The molecule has 5 saturated carbocycles. The molecule has 0 aromatic heterocycles. The van der Waals surface area contributed by atoms with Crippen LogP contribution in [0.5, 0.6) is 0 Å². The van der Waals surface area contributed by atoms with Crippen LogP contribution in [-0.2, 0) is 19.1 Å². The third kappa shape index (κ3) is 5.68. The molecule has 0 bridgehead atoms. The molecule has 298 valence electrons. The van der Waals surface area contributed by atoms with Crippen LogP contribution in [0.25, 0.3) is 0 Å². The first-order valence-electron chi connectivity index (χ1n) is 21.7. The Hall–Kier alpha value is -3.23. The fraction of sp³-hybridized carbons (Fsp3) is 0.569. The number of methoxy groups -OCH3 is 1. The molecule has 8 rings (SSSR count). The number of carbonyl (C=O) groups is 2. The van der Waals surface area contributed by atoms with Crippen molar-refractivity contribution in [1.29, 1.82) is 0 Å². The highest BCUT2D eigenvalue weighted by Gasteiger charge is 2.72. The summed E-state index contributed by atoms with van der Waals surface area (Å²) in [5, 5.41) is 4.15. The summed E-state index contributed by atoms with van der Waals surface area (Å²) >= 11 is 0. The third-order valence-electron chi connectivity index (χ3n) is 17.8. The zero-order valence-electron chi connectivity index (χ0n) is 35.2. The van der Waals surface area contributed by atoms with Gasteiger partial charge in [0.25, 0.3) is 0 Å². The number of hydrogen-bond acceptors (Lipinski definition) is 4. The van der Waals surface area contributed by atoms with Gasteiger partial charge in [0.1, 0.15) is 29.3 Å². The summed E-state index contributed by atoms with van der Waals surface area (Å²) in [6, 6.07) is 33.6. The lowest BCUT2D eigenvalue weighted by atomic mass is 9.32. The molecule has 3 aromatic rings. The van der Waals surface area contributed by atoms with Crippen molar-refractivity contribution in [2.24, 2.45) is 56.7 Å². The van der Waals surface area contributed by atoms with Gasteiger partial charge in [-0.15, -0.1) is 0 Å². The van der Waals surface area contributed by atoms with Gasteiger partial charge in [-0.25, -0.2) is 0 Å². The van der Waals surface area contributed by atoms with Crippen LogP contribution in [0, 0.1) is 56.7 Å². The van der Waals surface area contributed by atoms with E-state index in [9.17, 15) is 9.59 Å². The molecule has 5 heteroatoms. The van der Waals surface area contributed by atoms with E-state index in [2.05, 4.69) is 126 Å². The Morgan fingerprint density at radius 2 is 1.25 bits per heavy atom. The van der Waals surface area contributed by atoms with Crippen LogP contribution >= 0.6 is 7.26 Å². The maximum Gasteiger partial charge on any atom is 0.312 e. The fourth-order valence-corrected chi connectivity index (χ4v) is 19.5. The molecular formula is C51H66O4P+. The molecule has 3 aromatic carbocycles. The standard InChI is InChI=1S/C51H66O4P/c1-35(34-56(37-18-12-9-13-19-37,38-20-14-10-15-21-38)39-22-16-11-17-23-39)40-26-31-51(46(53)54-8)33-32-49(6)41(45(40)51)24-25-43-48(5)29-28-44(55-36(2)52)47(3,4)42(48)27-30-50(43,49)7/h9-23,40-45H,1,24-34H2,2-8H3/q+1/t40-,41+,42-,43+,44-,45+,48-,49+,50+,51-/m0/s1. The summed E-state index contributed by atoms with van der Waals surface area (Å²) < 4.78 is 11.8. The minimum absolute atomic E-state index is 0.0172. The maximum atomic E-state index is 14.4. The lowest BCUT2D eigenvalue weighted by Crippen LogP contribution is -2.67. The second-order valence-electron chi connectivity index (χ2n) is 20.1. The molecule has 5 fully saturated rings. The van der Waals surface area contributed by atoms with E-state index in [0.29, 0.717) is 17.8 Å². The molecular weight excluding hydrogens is 708 g/mol. The Bertz CT molecular complexity index is 1850. The summed E-state index contributed by atoms with van der Waals surface area (Å²) in [5.41, 5.74) is 1.22. The van der Waals surface area contributed by atoms with Crippen LogP contribution in [0.2, 0.25) is 0 Å². The fourth-order valence-electron chi connectivity index (χ4n) is 15.2. The number of allylic oxidation sites excluding steroid dienone is 1. The number of ether oxygens (including phenoxy) is 2. The smallest absolute Gasteiger partial charge is 0.312 e. The number of esters is 2. The van der Waals surface area contributed by atoms with Crippen molar-refractivity contribution >= 4 is 35.1 Å². The highest BCUT2D eigenvalue weighted by Crippen LogP contribution is 2.78. The highest BCUT2D eigenvalue weighted by atomic mass is 31.2. The average Bonchev–Trinajstić information content (AvgIpc) is 3.60. The Morgan fingerprint density at radius 1 is 0.679 bits per heavy atom. The topological polar surface area (TPSA) is 52.6 Å². The monoisotopic (exact) mass is 773 g/mol. The van der Waals surface area contributed by atoms with E-state index in [1.54, 1.807) is 14.0 Å². The predicted octanol–water partition coefficient (Wildman–Crippen LogP) is 10.7. The minimum atomic E-state index is -2.15. The molecule has 5 aliphatic rings. The van der Waals surface area contributed by atoms with Crippen LogP contribution in [-0.4, -0.2) is 31.3 Å². The molecule has 10 atom stereocenters. The van der Waals surface area contributed by atoms with E-state index in [-0.39, 0.29) is 51.5 Å². The third-order valence-corrected chi connectivity index (χ3v) is 22.2. The van der Waals surface area contributed by atoms with Gasteiger partial charge in [0.2, 0.25) is 0 Å². The summed E-state index contributed by atoms with van der Waals surface area (Å²) in [6.45, 7) is 19.4. The molecule has 5 aliphatic carbocycles. The largest absolute Gasteiger partial charge is 0.469 e. The van der Waals surface area contributed by atoms with Gasteiger partial charge in [-0.2, -0.15) is 0 Å². The number of fused-ring (bicyclic) bond motifs is 7. The second-order valence-corrected chi connectivity index (χ2v) is 23.6. The van der Waals surface area contributed by atoms with Crippen molar-refractivity contribution in [3.63, 3.8) is 0 Å². The first-order chi connectivity index (χ1) is 26.7. The van der Waals surface area contributed by atoms with E-state index in [1.165, 1.54) is 34.3 Å². The van der Waals surface area contributed by atoms with Crippen molar-refractivity contribution in [2.45, 2.75) is 112 Å². The minimum Gasteiger partial charge on any atom is -0.469 e. The molecule has 0 saturated heterocycles. The van der Waals surface area contributed by atoms with E-state index in [1.807, 2.05) is 0 Å². The van der Waals surface area contributed by atoms with Crippen molar-refractivity contribution in [3.05, 3.63) is 103 Å². The maximum absolute atomic E-state index is 14.4. The van der Waals surface area contributed by atoms with E-state index < -0.39 is 12.7 Å². The Labute approximate surface area is 338 Å². The number of hydrogen-bond donors (Lipinski definition) is 0. The first-order valence-corrected chi connectivity index (χ1v) is 23.6. The van der Waals surface area contributed by atoms with Gasteiger partial charge >= 0.3 is 11.9 Å². The number of benzene rings is 3. The molecule has 0 heterocycles. The SMILES string of the molecule is C=C(C[P+](c1ccccc1)(c1ccccc1)c1ccccc1)[C@@H]1CC[C@]2(C(=O)OC)CC[C@]3(C)[C@H](CC[C@@H]4[C@@]5(C)CC[C@H](OC(C)=O)C(C)(C)[C@@H]5CC[C@]43C)[C@@H]12. The van der Waals surface area contributed by atoms with E-state index in [0.717, 1.165) is 57.5 Å². The number of carbonyl (C=O) groups excluding carboxylic acids is 2. The zero-order chi connectivity index (χ0) is 39.7. The van der Waals surface area contributed by atoms with Gasteiger partial charge in [-0.1, -0.05) is 95.8 Å². The van der Waals surface area contributed by atoms with Crippen LogP contribution in [0.15, 0.2) is 103 Å². The molecule has 0 unspecified atom stereocenters. The van der Waals surface area contributed by atoms with Crippen LogP contribution < -0.4 is 15.9 Å². The van der Waals surface area contributed by atoms with Gasteiger partial charge in [0, 0.05) is 12.3 Å². The lowest BCUT2D eigenvalue weighted by molar-refractivity contribution is -0.250. The average molecular weight is 774 g/mol. The zero-order valence-corrected chi connectivity index (χ0v) is 36.1. The molecule has 0 amide bonds. The van der Waals surface area contributed by atoms with Crippen molar-refractivity contribution in [1.82, 2.24) is 0 Å². The van der Waals surface area contributed by atoms with Crippen LogP contribution in [0.1, 0.15) is 106 Å². The van der Waals surface area contributed by atoms with Crippen LogP contribution in [0.3, 0.4) is 0 Å². The van der Waals surface area contributed by atoms with Gasteiger partial charge in [0.15, 0.2) is 0 Å². The summed E-state index contributed by atoms with van der Waals surface area (Å²) in [4.78, 5) is 26.6. The Balaban J connectivity index is 1.19. The predicted molar refractivity (Wildman–Crippen MR) is 231 cm³/mol. The van der Waals surface area contributed by atoms with Crippen molar-refractivity contribution < 1.29 is 19.1 Å². The van der Waals surface area contributed by atoms with Gasteiger partial charge in [-0.3, -0.25) is 9.59 Å². The lowest BCUT2D eigenvalue weighted by Gasteiger charge is -2.72. The van der Waals surface area contributed by atoms with Crippen LogP contribution in [0.4, 0.5) is 0 Å². The van der Waals surface area contributed by atoms with Crippen molar-refractivity contribution in [3.8, 4) is 0 Å². The van der Waals surface area contributed by atoms with Gasteiger partial charge < -0.3 is 9.47 Å². The first kappa shape index (κ1) is 39.6. The van der Waals surface area contributed by atoms with Gasteiger partial charge in [-0.05, 0) is 152 Å². The van der Waals surface area contributed by atoms with Gasteiger partial charge in [0.05, 0.1) is 18.7 Å².